The molecule has 0 saturated carbocycles. The SMILES string of the molecule is Cn1cc(-c2nc(COC(=O)C3=Cc4cc(Cl)ccc4OC3)cs2)cn1. The number of aryl methyl sites for hydroxylation is 1. The number of carbonyl (C=O) groups is 1. The van der Waals surface area contributed by atoms with E-state index in [0.29, 0.717) is 22.0 Å². The fraction of sp³-hybridized carbons (Fsp3) is 0.167. The number of aromatic nitrogens is 3. The lowest BCUT2D eigenvalue weighted by molar-refractivity contribution is -0.140. The van der Waals surface area contributed by atoms with Crippen LogP contribution in [-0.4, -0.2) is 27.3 Å². The van der Waals surface area contributed by atoms with E-state index in [2.05, 4.69) is 10.1 Å². The van der Waals surface area contributed by atoms with Crippen molar-refractivity contribution in [2.75, 3.05) is 6.61 Å². The molecule has 0 radical (unpaired) electrons. The fourth-order valence-corrected chi connectivity index (χ4v) is 3.50. The second-order valence-electron chi connectivity index (χ2n) is 5.76. The number of ether oxygens (including phenoxy) is 2. The topological polar surface area (TPSA) is 66.2 Å². The summed E-state index contributed by atoms with van der Waals surface area (Å²) >= 11 is 7.47. The highest BCUT2D eigenvalue weighted by molar-refractivity contribution is 7.13. The Balaban J connectivity index is 1.42. The fourth-order valence-electron chi connectivity index (χ4n) is 2.54. The van der Waals surface area contributed by atoms with Crippen molar-refractivity contribution in [3.8, 4) is 16.3 Å². The average molecular weight is 388 g/mol. The van der Waals surface area contributed by atoms with Crippen LogP contribution in [0, 0.1) is 0 Å². The summed E-state index contributed by atoms with van der Waals surface area (Å²) in [6.45, 7) is 0.279. The van der Waals surface area contributed by atoms with E-state index in [0.717, 1.165) is 16.1 Å². The molecule has 2 aromatic heterocycles. The highest BCUT2D eigenvalue weighted by Crippen LogP contribution is 2.29. The van der Waals surface area contributed by atoms with Crippen molar-refractivity contribution < 1.29 is 14.3 Å². The summed E-state index contributed by atoms with van der Waals surface area (Å²) in [5.74, 6) is 0.276. The number of esters is 1. The minimum absolute atomic E-state index is 0.106. The van der Waals surface area contributed by atoms with Gasteiger partial charge in [0.25, 0.3) is 0 Å². The number of thiazole rings is 1. The quantitative estimate of drug-likeness (QED) is 0.638. The van der Waals surface area contributed by atoms with Gasteiger partial charge in [0, 0.05) is 34.8 Å². The third-order valence-corrected chi connectivity index (χ3v) is 4.98. The number of fused-ring (bicyclic) bond motifs is 1. The minimum atomic E-state index is -0.424. The Labute approximate surface area is 158 Å². The molecule has 26 heavy (non-hydrogen) atoms. The van der Waals surface area contributed by atoms with E-state index in [9.17, 15) is 4.79 Å². The lowest BCUT2D eigenvalue weighted by atomic mass is 10.1. The summed E-state index contributed by atoms with van der Waals surface area (Å²) in [6.07, 6.45) is 5.39. The molecule has 0 aliphatic carbocycles. The van der Waals surface area contributed by atoms with E-state index in [4.69, 9.17) is 21.1 Å². The molecule has 6 nitrogen and oxygen atoms in total. The van der Waals surface area contributed by atoms with Crippen LogP contribution in [-0.2, 0) is 23.2 Å². The van der Waals surface area contributed by atoms with E-state index in [-0.39, 0.29) is 13.2 Å². The molecule has 1 aliphatic heterocycles. The summed E-state index contributed by atoms with van der Waals surface area (Å²) in [4.78, 5) is 16.8. The van der Waals surface area contributed by atoms with Crippen molar-refractivity contribution in [2.45, 2.75) is 6.61 Å². The number of hydrogen-bond donors (Lipinski definition) is 0. The lowest BCUT2D eigenvalue weighted by Crippen LogP contribution is -2.17. The molecule has 3 aromatic rings. The Bertz CT molecular complexity index is 1010. The molecule has 0 fully saturated rings. The van der Waals surface area contributed by atoms with Crippen molar-refractivity contribution >= 4 is 35.0 Å². The molecule has 0 bridgehead atoms. The molecule has 0 N–H and O–H groups in total. The van der Waals surface area contributed by atoms with Crippen LogP contribution < -0.4 is 4.74 Å². The van der Waals surface area contributed by atoms with Crippen LogP contribution in [0.5, 0.6) is 5.75 Å². The molecule has 3 heterocycles. The van der Waals surface area contributed by atoms with E-state index in [1.807, 2.05) is 18.6 Å². The smallest absolute Gasteiger partial charge is 0.337 e. The van der Waals surface area contributed by atoms with Crippen LogP contribution in [0.1, 0.15) is 11.3 Å². The van der Waals surface area contributed by atoms with E-state index in [1.165, 1.54) is 11.3 Å². The third-order valence-electron chi connectivity index (χ3n) is 3.80. The molecule has 0 amide bonds. The molecule has 0 saturated heterocycles. The summed E-state index contributed by atoms with van der Waals surface area (Å²) in [5.41, 5.74) is 2.85. The van der Waals surface area contributed by atoms with Gasteiger partial charge in [-0.3, -0.25) is 4.68 Å². The van der Waals surface area contributed by atoms with Gasteiger partial charge in [0.05, 0.1) is 17.5 Å². The number of rotatable bonds is 4. The van der Waals surface area contributed by atoms with Gasteiger partial charge in [-0.2, -0.15) is 5.10 Å². The Morgan fingerprint density at radius 1 is 1.46 bits per heavy atom. The van der Waals surface area contributed by atoms with E-state index >= 15 is 0 Å². The first-order valence-corrected chi connectivity index (χ1v) is 9.08. The average Bonchev–Trinajstić information content (AvgIpc) is 3.27. The van der Waals surface area contributed by atoms with Gasteiger partial charge in [-0.25, -0.2) is 9.78 Å². The zero-order valence-corrected chi connectivity index (χ0v) is 15.4. The lowest BCUT2D eigenvalue weighted by Gasteiger charge is -2.17. The number of hydrogen-bond acceptors (Lipinski definition) is 6. The Kier molecular flexibility index (Phi) is 4.48. The van der Waals surface area contributed by atoms with Gasteiger partial charge >= 0.3 is 5.97 Å². The minimum Gasteiger partial charge on any atom is -0.488 e. The summed E-state index contributed by atoms with van der Waals surface area (Å²) < 4.78 is 12.7. The molecule has 0 unspecified atom stereocenters. The highest BCUT2D eigenvalue weighted by atomic mass is 35.5. The number of nitrogens with zero attached hydrogens (tertiary/aromatic N) is 3. The standard InChI is InChI=1S/C18H14ClN3O3S/c1-22-7-13(6-20-22)17-21-15(10-26-17)9-25-18(23)12-4-11-5-14(19)2-3-16(11)24-8-12/h2-7,10H,8-9H2,1H3. The van der Waals surface area contributed by atoms with Crippen LogP contribution >= 0.6 is 22.9 Å². The highest BCUT2D eigenvalue weighted by Gasteiger charge is 2.19. The molecular formula is C18H14ClN3O3S. The van der Waals surface area contributed by atoms with Crippen LogP contribution in [0.3, 0.4) is 0 Å². The first kappa shape index (κ1) is 16.8. The Morgan fingerprint density at radius 2 is 2.35 bits per heavy atom. The Morgan fingerprint density at radius 3 is 3.15 bits per heavy atom. The number of halogens is 1. The molecule has 132 valence electrons. The molecule has 8 heteroatoms. The maximum Gasteiger partial charge on any atom is 0.337 e. The van der Waals surface area contributed by atoms with Gasteiger partial charge in [0.2, 0.25) is 0 Å². The van der Waals surface area contributed by atoms with E-state index < -0.39 is 5.97 Å². The van der Waals surface area contributed by atoms with E-state index in [1.54, 1.807) is 35.2 Å². The summed E-state index contributed by atoms with van der Waals surface area (Å²) in [7, 11) is 1.85. The summed E-state index contributed by atoms with van der Waals surface area (Å²) in [6, 6.07) is 5.29. The van der Waals surface area contributed by atoms with Crippen molar-refractivity contribution in [1.29, 1.82) is 0 Å². The zero-order chi connectivity index (χ0) is 18.1. The van der Waals surface area contributed by atoms with Gasteiger partial charge in [0.1, 0.15) is 24.0 Å². The molecule has 0 atom stereocenters. The van der Waals surface area contributed by atoms with Gasteiger partial charge in [-0.05, 0) is 24.3 Å². The molecular weight excluding hydrogens is 374 g/mol. The second-order valence-corrected chi connectivity index (χ2v) is 7.06. The number of benzene rings is 1. The molecule has 1 aromatic carbocycles. The Hall–Kier alpha value is -2.64. The van der Waals surface area contributed by atoms with Crippen molar-refractivity contribution in [3.05, 3.63) is 57.8 Å². The molecule has 4 rings (SSSR count). The maximum atomic E-state index is 12.3. The van der Waals surface area contributed by atoms with Gasteiger partial charge in [0.15, 0.2) is 0 Å². The van der Waals surface area contributed by atoms with Crippen molar-refractivity contribution in [2.24, 2.45) is 7.05 Å². The van der Waals surface area contributed by atoms with Gasteiger partial charge in [-0.1, -0.05) is 11.6 Å². The zero-order valence-electron chi connectivity index (χ0n) is 13.8. The largest absolute Gasteiger partial charge is 0.488 e. The summed E-state index contributed by atoms with van der Waals surface area (Å²) in [5, 5.41) is 7.43. The molecule has 1 aliphatic rings. The molecule has 0 spiro atoms. The van der Waals surface area contributed by atoms with Crippen LogP contribution in [0.25, 0.3) is 16.6 Å². The third kappa shape index (κ3) is 3.49. The predicted octanol–water partition coefficient (Wildman–Crippen LogP) is 3.72. The van der Waals surface area contributed by atoms with Crippen LogP contribution in [0.15, 0.2) is 41.5 Å². The predicted molar refractivity (Wildman–Crippen MR) is 99.0 cm³/mol. The van der Waals surface area contributed by atoms with Crippen molar-refractivity contribution in [3.63, 3.8) is 0 Å². The first-order chi connectivity index (χ1) is 12.6. The monoisotopic (exact) mass is 387 g/mol. The normalized spacial score (nSPS) is 12.9. The van der Waals surface area contributed by atoms with Gasteiger partial charge < -0.3 is 9.47 Å². The maximum absolute atomic E-state index is 12.3. The first-order valence-electron chi connectivity index (χ1n) is 7.82. The van der Waals surface area contributed by atoms with Crippen LogP contribution in [0.2, 0.25) is 5.02 Å². The van der Waals surface area contributed by atoms with Crippen molar-refractivity contribution in [1.82, 2.24) is 14.8 Å². The van der Waals surface area contributed by atoms with Crippen LogP contribution in [0.4, 0.5) is 0 Å². The second kappa shape index (κ2) is 6.93. The van der Waals surface area contributed by atoms with Gasteiger partial charge in [-0.15, -0.1) is 11.3 Å². The number of carbonyl (C=O) groups excluding carboxylic acids is 1.